The molecule has 1 aromatic heterocycles. The van der Waals surface area contributed by atoms with Crippen molar-refractivity contribution in [1.29, 1.82) is 0 Å². The molecule has 0 saturated heterocycles. The van der Waals surface area contributed by atoms with Crippen molar-refractivity contribution in [3.05, 3.63) is 111 Å². The molecule has 4 rings (SSSR count). The summed E-state index contributed by atoms with van der Waals surface area (Å²) < 4.78 is 64.2. The van der Waals surface area contributed by atoms with E-state index in [0.717, 1.165) is 10.5 Å². The maximum Gasteiger partial charge on any atom is 0.291 e. The van der Waals surface area contributed by atoms with Crippen molar-refractivity contribution < 1.29 is 36.4 Å². The molecule has 0 aliphatic carbocycles. The van der Waals surface area contributed by atoms with Crippen molar-refractivity contribution in [3.8, 4) is 5.75 Å². The van der Waals surface area contributed by atoms with E-state index in [0.29, 0.717) is 4.90 Å². The van der Waals surface area contributed by atoms with Gasteiger partial charge in [0, 0.05) is 33.7 Å². The van der Waals surface area contributed by atoms with Gasteiger partial charge in [-0.2, -0.15) is 8.78 Å². The van der Waals surface area contributed by atoms with E-state index in [-0.39, 0.29) is 29.0 Å². The molecule has 0 aliphatic rings. The third kappa shape index (κ3) is 6.09. The summed E-state index contributed by atoms with van der Waals surface area (Å²) in [6, 6.07) is 14.1. The Kier molecular flexibility index (Phi) is 7.48. The Bertz CT molecular complexity index is 1470. The van der Waals surface area contributed by atoms with Crippen LogP contribution in [0.4, 0.5) is 28.9 Å². The minimum atomic E-state index is -1.71. The molecule has 1 heterocycles. The molecule has 0 spiro atoms. The molecular formula is C25H16F4N2O5S. The summed E-state index contributed by atoms with van der Waals surface area (Å²) in [7, 11) is 0. The fourth-order valence-corrected chi connectivity index (χ4v) is 4.06. The minimum Gasteiger partial charge on any atom is -0.479 e. The average Bonchev–Trinajstić information content (AvgIpc) is 3.33. The fraction of sp³-hybridized carbons (Fsp3) is 0.0800. The largest absolute Gasteiger partial charge is 0.479 e. The number of nitrogens with zero attached hydrogens (tertiary/aromatic N) is 1. The number of nitro benzene ring substituents is 1. The standard InChI is InChI=1S/C25H16F4N2O5S/c1-13-2-5-17(6-3-13)37-18-9-14(8-15(10-18)31(33)34)30-25(32)21-7-4-16(36-21)12-35-24-22(28)19(26)11-20(27)23(24)29/h2-11H,12H2,1H3,(H,30,32). The molecule has 1 N–H and O–H groups in total. The molecule has 0 radical (unpaired) electrons. The summed E-state index contributed by atoms with van der Waals surface area (Å²) in [5.41, 5.74) is 0.938. The molecule has 7 nitrogen and oxygen atoms in total. The predicted molar refractivity (Wildman–Crippen MR) is 126 cm³/mol. The Balaban J connectivity index is 1.48. The highest BCUT2D eigenvalue weighted by atomic mass is 32.2. The first-order chi connectivity index (χ1) is 17.6. The third-order valence-electron chi connectivity index (χ3n) is 4.93. The summed E-state index contributed by atoms with van der Waals surface area (Å²) in [5, 5.41) is 13.9. The summed E-state index contributed by atoms with van der Waals surface area (Å²) in [6.45, 7) is 1.29. The van der Waals surface area contributed by atoms with Gasteiger partial charge in [0.2, 0.25) is 11.6 Å². The second-order valence-electron chi connectivity index (χ2n) is 7.69. The summed E-state index contributed by atoms with van der Waals surface area (Å²) in [6.07, 6.45) is 0. The van der Waals surface area contributed by atoms with Gasteiger partial charge in [0.05, 0.1) is 4.92 Å². The van der Waals surface area contributed by atoms with E-state index in [2.05, 4.69) is 5.32 Å². The van der Waals surface area contributed by atoms with E-state index < -0.39 is 46.5 Å². The number of amides is 1. The van der Waals surface area contributed by atoms with Crippen LogP contribution in [-0.4, -0.2) is 10.8 Å². The number of carbonyl (C=O) groups is 1. The highest BCUT2D eigenvalue weighted by molar-refractivity contribution is 7.99. The van der Waals surface area contributed by atoms with Gasteiger partial charge in [0.15, 0.2) is 23.1 Å². The van der Waals surface area contributed by atoms with Gasteiger partial charge in [0.1, 0.15) is 12.4 Å². The van der Waals surface area contributed by atoms with Crippen molar-refractivity contribution >= 4 is 29.0 Å². The smallest absolute Gasteiger partial charge is 0.291 e. The Morgan fingerprint density at radius 3 is 2.30 bits per heavy atom. The van der Waals surface area contributed by atoms with Crippen molar-refractivity contribution in [2.24, 2.45) is 0 Å². The van der Waals surface area contributed by atoms with E-state index in [1.807, 2.05) is 31.2 Å². The summed E-state index contributed by atoms with van der Waals surface area (Å²) >= 11 is 1.27. The van der Waals surface area contributed by atoms with Crippen LogP contribution in [0.3, 0.4) is 0 Å². The SMILES string of the molecule is Cc1ccc(Sc2cc(NC(=O)c3ccc(COc4c(F)c(F)cc(F)c4F)o3)cc([N+](=O)[O-])c2)cc1. The second-order valence-corrected chi connectivity index (χ2v) is 8.84. The predicted octanol–water partition coefficient (Wildman–Crippen LogP) is 7.04. The van der Waals surface area contributed by atoms with Crippen LogP contribution in [0, 0.1) is 40.3 Å². The van der Waals surface area contributed by atoms with Gasteiger partial charge >= 0.3 is 0 Å². The fourth-order valence-electron chi connectivity index (χ4n) is 3.15. The number of nitro groups is 1. The van der Waals surface area contributed by atoms with Gasteiger partial charge in [-0.15, -0.1) is 0 Å². The number of carbonyl (C=O) groups excluding carboxylic acids is 1. The van der Waals surface area contributed by atoms with Crippen LogP contribution in [0.5, 0.6) is 5.75 Å². The average molecular weight is 532 g/mol. The maximum absolute atomic E-state index is 13.7. The van der Waals surface area contributed by atoms with Crippen LogP contribution in [0.1, 0.15) is 21.9 Å². The Morgan fingerprint density at radius 1 is 0.973 bits per heavy atom. The number of hydrogen-bond acceptors (Lipinski definition) is 6. The van der Waals surface area contributed by atoms with Gasteiger partial charge in [-0.05, 0) is 37.3 Å². The van der Waals surface area contributed by atoms with Gasteiger partial charge < -0.3 is 14.5 Å². The van der Waals surface area contributed by atoms with E-state index >= 15 is 0 Å². The molecule has 12 heteroatoms. The number of ether oxygens (including phenoxy) is 1. The zero-order valence-electron chi connectivity index (χ0n) is 18.9. The lowest BCUT2D eigenvalue weighted by Crippen LogP contribution is -2.11. The normalized spacial score (nSPS) is 10.8. The van der Waals surface area contributed by atoms with Crippen molar-refractivity contribution in [2.75, 3.05) is 5.32 Å². The molecule has 190 valence electrons. The van der Waals surface area contributed by atoms with E-state index in [9.17, 15) is 32.5 Å². The number of nitrogens with one attached hydrogen (secondary N) is 1. The van der Waals surface area contributed by atoms with Gasteiger partial charge in [-0.1, -0.05) is 29.5 Å². The quantitative estimate of drug-likeness (QED) is 0.113. The van der Waals surface area contributed by atoms with E-state index in [1.165, 1.54) is 36.0 Å². The molecule has 0 fully saturated rings. The number of furan rings is 1. The maximum atomic E-state index is 13.7. The molecule has 0 atom stereocenters. The molecular weight excluding hydrogens is 516 g/mol. The zero-order chi connectivity index (χ0) is 26.7. The highest BCUT2D eigenvalue weighted by Crippen LogP contribution is 2.33. The van der Waals surface area contributed by atoms with Crippen molar-refractivity contribution in [1.82, 2.24) is 0 Å². The first-order valence-electron chi connectivity index (χ1n) is 10.5. The van der Waals surface area contributed by atoms with Crippen molar-refractivity contribution in [2.45, 2.75) is 23.3 Å². The number of hydrogen-bond donors (Lipinski definition) is 1. The number of non-ortho nitro benzene ring substituents is 1. The lowest BCUT2D eigenvalue weighted by Gasteiger charge is -2.08. The molecule has 4 aromatic rings. The molecule has 0 unspecified atom stereocenters. The van der Waals surface area contributed by atoms with Crippen LogP contribution in [0.15, 0.2) is 74.9 Å². The van der Waals surface area contributed by atoms with E-state index in [1.54, 1.807) is 6.07 Å². The Hall–Kier alpha value is -4.32. The summed E-state index contributed by atoms with van der Waals surface area (Å²) in [5.74, 6) is -9.06. The van der Waals surface area contributed by atoms with Gasteiger partial charge in [-0.25, -0.2) is 8.78 Å². The summed E-state index contributed by atoms with van der Waals surface area (Å²) in [4.78, 5) is 24.8. The lowest BCUT2D eigenvalue weighted by atomic mass is 10.2. The number of benzene rings is 3. The van der Waals surface area contributed by atoms with E-state index in [4.69, 9.17) is 9.15 Å². The number of anilines is 1. The van der Waals surface area contributed by atoms with Crippen LogP contribution in [-0.2, 0) is 6.61 Å². The molecule has 3 aromatic carbocycles. The van der Waals surface area contributed by atoms with Gasteiger partial charge in [0.25, 0.3) is 11.6 Å². The second kappa shape index (κ2) is 10.7. The molecule has 37 heavy (non-hydrogen) atoms. The zero-order valence-corrected chi connectivity index (χ0v) is 19.7. The molecule has 0 bridgehead atoms. The highest BCUT2D eigenvalue weighted by Gasteiger charge is 2.22. The number of halogens is 4. The van der Waals surface area contributed by atoms with Crippen molar-refractivity contribution in [3.63, 3.8) is 0 Å². The number of aryl methyl sites for hydroxylation is 1. The van der Waals surface area contributed by atoms with Gasteiger partial charge in [-0.3, -0.25) is 14.9 Å². The first-order valence-corrected chi connectivity index (χ1v) is 11.3. The Labute approximate surface area is 211 Å². The van der Waals surface area contributed by atoms with Crippen LogP contribution in [0.25, 0.3) is 0 Å². The Morgan fingerprint density at radius 2 is 1.65 bits per heavy atom. The first kappa shape index (κ1) is 25.8. The van der Waals surface area contributed by atoms with Crippen LogP contribution < -0.4 is 10.1 Å². The lowest BCUT2D eigenvalue weighted by molar-refractivity contribution is -0.385. The molecule has 1 amide bonds. The topological polar surface area (TPSA) is 94.6 Å². The van der Waals surface area contributed by atoms with Crippen LogP contribution >= 0.6 is 11.8 Å². The number of rotatable bonds is 8. The monoisotopic (exact) mass is 532 g/mol. The molecule has 0 saturated carbocycles. The van der Waals surface area contributed by atoms with Crippen LogP contribution in [0.2, 0.25) is 0 Å². The minimum absolute atomic E-state index is 0.0471. The third-order valence-corrected chi connectivity index (χ3v) is 5.91. The molecule has 0 aliphatic heterocycles.